The Morgan fingerprint density at radius 3 is 1.80 bits per heavy atom. The van der Waals surface area contributed by atoms with E-state index in [0.717, 1.165) is 0 Å². The zero-order valence-electron chi connectivity index (χ0n) is 8.46. The van der Waals surface area contributed by atoms with Gasteiger partial charge in [0.05, 0.1) is 11.5 Å². The maximum Gasteiger partial charge on any atom is 0.264 e. The van der Waals surface area contributed by atoms with Crippen LogP contribution in [0.3, 0.4) is 0 Å². The lowest BCUT2D eigenvalue weighted by Crippen LogP contribution is -2.10. The van der Waals surface area contributed by atoms with Crippen molar-refractivity contribution in [3.05, 3.63) is 0 Å². The lowest BCUT2D eigenvalue weighted by molar-refractivity contribution is 0.451. The quantitative estimate of drug-likeness (QED) is 0.648. The molecule has 0 saturated heterocycles. The molecule has 0 aliphatic carbocycles. The zero-order chi connectivity index (χ0) is 12.1. The van der Waals surface area contributed by atoms with E-state index in [1.165, 1.54) is 0 Å². The Bertz CT molecular complexity index is 368. The molecule has 1 atom stereocenters. The van der Waals surface area contributed by atoms with Crippen molar-refractivity contribution in [1.82, 2.24) is 0 Å². The van der Waals surface area contributed by atoms with Gasteiger partial charge < -0.3 is 0 Å². The second-order valence-corrected chi connectivity index (χ2v) is 6.75. The van der Waals surface area contributed by atoms with E-state index in [1.54, 1.807) is 6.92 Å². The van der Waals surface area contributed by atoms with Gasteiger partial charge in [-0.3, -0.25) is 9.11 Å². The van der Waals surface area contributed by atoms with Crippen LogP contribution in [0.1, 0.15) is 26.2 Å². The third-order valence-electron chi connectivity index (χ3n) is 1.97. The van der Waals surface area contributed by atoms with Crippen molar-refractivity contribution in [1.29, 1.82) is 0 Å². The average Bonchev–Trinajstić information content (AvgIpc) is 1.97. The molecule has 0 aromatic heterocycles. The molecule has 6 nitrogen and oxygen atoms in total. The fraction of sp³-hybridized carbons (Fsp3) is 1.00. The second-order valence-electron chi connectivity index (χ2n) is 3.61. The van der Waals surface area contributed by atoms with Crippen molar-refractivity contribution in [2.75, 3.05) is 11.5 Å². The topological polar surface area (TPSA) is 109 Å². The van der Waals surface area contributed by atoms with E-state index >= 15 is 0 Å². The van der Waals surface area contributed by atoms with Gasteiger partial charge >= 0.3 is 0 Å². The molecule has 0 radical (unpaired) electrons. The first kappa shape index (κ1) is 14.8. The van der Waals surface area contributed by atoms with Crippen molar-refractivity contribution in [2.24, 2.45) is 5.92 Å². The molecule has 0 amide bonds. The van der Waals surface area contributed by atoms with Crippen molar-refractivity contribution in [2.45, 2.75) is 26.2 Å². The monoisotopic (exact) mass is 260 g/mol. The SMILES string of the molecule is C[C@@H](CCCS(=O)(=O)O)CCS(=O)(=O)O. The van der Waals surface area contributed by atoms with Crippen LogP contribution in [0, 0.1) is 5.92 Å². The van der Waals surface area contributed by atoms with Crippen LogP contribution < -0.4 is 0 Å². The first-order chi connectivity index (χ1) is 6.60. The molecule has 0 aromatic rings. The largest absolute Gasteiger partial charge is 0.286 e. The summed E-state index contributed by atoms with van der Waals surface area (Å²) in [6.45, 7) is 1.76. The van der Waals surface area contributed by atoms with Crippen molar-refractivity contribution in [3.8, 4) is 0 Å². The van der Waals surface area contributed by atoms with Crippen LogP contribution in [0.25, 0.3) is 0 Å². The first-order valence-corrected chi connectivity index (χ1v) is 7.72. The average molecular weight is 260 g/mol. The first-order valence-electron chi connectivity index (χ1n) is 4.50. The summed E-state index contributed by atoms with van der Waals surface area (Å²) in [5.74, 6) is -0.642. The van der Waals surface area contributed by atoms with Crippen molar-refractivity contribution in [3.63, 3.8) is 0 Å². The number of rotatable bonds is 7. The summed E-state index contributed by atoms with van der Waals surface area (Å²) >= 11 is 0. The molecule has 0 aromatic carbocycles. The van der Waals surface area contributed by atoms with Crippen LogP contribution in [-0.4, -0.2) is 37.4 Å². The van der Waals surface area contributed by atoms with Gasteiger partial charge in [0.1, 0.15) is 0 Å². The highest BCUT2D eigenvalue weighted by molar-refractivity contribution is 7.86. The van der Waals surface area contributed by atoms with Gasteiger partial charge in [-0.2, -0.15) is 16.8 Å². The highest BCUT2D eigenvalue weighted by Crippen LogP contribution is 2.11. The summed E-state index contributed by atoms with van der Waals surface area (Å²) < 4.78 is 58.4. The molecule has 0 spiro atoms. The van der Waals surface area contributed by atoms with E-state index in [0.29, 0.717) is 6.42 Å². The van der Waals surface area contributed by atoms with Gasteiger partial charge in [0.2, 0.25) is 0 Å². The van der Waals surface area contributed by atoms with Crippen molar-refractivity contribution >= 4 is 20.2 Å². The highest BCUT2D eigenvalue weighted by atomic mass is 32.2. The van der Waals surface area contributed by atoms with Crippen LogP contribution >= 0.6 is 0 Å². The summed E-state index contributed by atoms with van der Waals surface area (Å²) in [6.07, 6.45) is 1.06. The minimum absolute atomic E-state index is 0.00586. The standard InChI is InChI=1S/C7H16O6S2/c1-7(4-6-15(11,12)13)3-2-5-14(8,9)10/h7H,2-6H2,1H3,(H,8,9,10)(H,11,12,13)/t7-/m0/s1. The van der Waals surface area contributed by atoms with Gasteiger partial charge in [-0.05, 0) is 25.2 Å². The molecule has 0 bridgehead atoms. The molecule has 0 unspecified atom stereocenters. The van der Waals surface area contributed by atoms with E-state index in [2.05, 4.69) is 0 Å². The van der Waals surface area contributed by atoms with Crippen LogP contribution in [0.5, 0.6) is 0 Å². The normalized spacial score (nSPS) is 15.1. The van der Waals surface area contributed by atoms with Crippen LogP contribution in [0.2, 0.25) is 0 Å². The summed E-state index contributed by atoms with van der Waals surface area (Å²) in [5.41, 5.74) is 0. The number of hydrogen-bond acceptors (Lipinski definition) is 4. The van der Waals surface area contributed by atoms with E-state index in [4.69, 9.17) is 9.11 Å². The molecule has 0 saturated carbocycles. The molecule has 8 heteroatoms. The minimum Gasteiger partial charge on any atom is -0.286 e. The minimum atomic E-state index is -3.94. The predicted octanol–water partition coefficient (Wildman–Crippen LogP) is 0.568. The fourth-order valence-electron chi connectivity index (χ4n) is 1.11. The van der Waals surface area contributed by atoms with Gasteiger partial charge in [-0.1, -0.05) is 6.92 Å². The lowest BCUT2D eigenvalue weighted by atomic mass is 10.0. The van der Waals surface area contributed by atoms with Crippen LogP contribution in [0.15, 0.2) is 0 Å². The Morgan fingerprint density at radius 2 is 1.40 bits per heavy atom. The number of hydrogen-bond donors (Lipinski definition) is 2. The van der Waals surface area contributed by atoms with Gasteiger partial charge in [-0.15, -0.1) is 0 Å². The Morgan fingerprint density at radius 1 is 0.933 bits per heavy atom. The van der Waals surface area contributed by atoms with Gasteiger partial charge in [0, 0.05) is 0 Å². The van der Waals surface area contributed by atoms with Gasteiger partial charge in [0.15, 0.2) is 0 Å². The summed E-state index contributed by atoms with van der Waals surface area (Å²) in [5, 5.41) is 0. The maximum atomic E-state index is 10.4. The smallest absolute Gasteiger partial charge is 0.264 e. The van der Waals surface area contributed by atoms with E-state index in [9.17, 15) is 16.8 Å². The Hall–Kier alpha value is -0.180. The highest BCUT2D eigenvalue weighted by Gasteiger charge is 2.11. The molecule has 0 heterocycles. The van der Waals surface area contributed by atoms with E-state index < -0.39 is 20.2 Å². The molecular formula is C7H16O6S2. The van der Waals surface area contributed by atoms with Crippen LogP contribution in [-0.2, 0) is 20.2 Å². The second kappa shape index (κ2) is 5.78. The Kier molecular flexibility index (Phi) is 5.71. The summed E-state index contributed by atoms with van der Waals surface area (Å²) in [7, 11) is -7.87. The third-order valence-corrected chi connectivity index (χ3v) is 3.52. The molecular weight excluding hydrogens is 244 g/mol. The van der Waals surface area contributed by atoms with Crippen molar-refractivity contribution < 1.29 is 25.9 Å². The maximum absolute atomic E-state index is 10.4. The van der Waals surface area contributed by atoms with E-state index in [1.807, 2.05) is 0 Å². The molecule has 0 aliphatic rings. The Labute approximate surface area is 90.2 Å². The summed E-state index contributed by atoms with van der Waals surface area (Å²) in [6, 6.07) is 0. The van der Waals surface area contributed by atoms with Crippen LogP contribution in [0.4, 0.5) is 0 Å². The molecule has 92 valence electrons. The molecule has 2 N–H and O–H groups in total. The lowest BCUT2D eigenvalue weighted by Gasteiger charge is -2.08. The fourth-order valence-corrected chi connectivity index (χ4v) is 2.34. The predicted molar refractivity (Wildman–Crippen MR) is 55.8 cm³/mol. The van der Waals surface area contributed by atoms with Gasteiger partial charge in [0.25, 0.3) is 20.2 Å². The zero-order valence-corrected chi connectivity index (χ0v) is 10.1. The summed E-state index contributed by atoms with van der Waals surface area (Å²) in [4.78, 5) is 0. The molecule has 15 heavy (non-hydrogen) atoms. The third kappa shape index (κ3) is 11.7. The molecule has 0 fully saturated rings. The van der Waals surface area contributed by atoms with E-state index in [-0.39, 0.29) is 30.3 Å². The molecule has 0 aliphatic heterocycles. The van der Waals surface area contributed by atoms with Gasteiger partial charge in [-0.25, -0.2) is 0 Å². The molecule has 0 rings (SSSR count). The Balaban J connectivity index is 3.72.